The van der Waals surface area contributed by atoms with E-state index >= 15 is 0 Å². The van der Waals surface area contributed by atoms with Crippen molar-refractivity contribution in [1.29, 1.82) is 0 Å². The normalized spacial score (nSPS) is 34.0. The lowest BCUT2D eigenvalue weighted by Gasteiger charge is -2.50. The minimum absolute atomic E-state index is 0.0241. The number of fused-ring (bicyclic) bond motifs is 1. The number of hydrogen-bond donors (Lipinski definition) is 2. The van der Waals surface area contributed by atoms with E-state index in [0.717, 1.165) is 0 Å². The summed E-state index contributed by atoms with van der Waals surface area (Å²) in [5.74, 6) is -1.31. The van der Waals surface area contributed by atoms with Crippen LogP contribution in [0.15, 0.2) is 24.3 Å². The van der Waals surface area contributed by atoms with Gasteiger partial charge in [-0.05, 0) is 11.6 Å². The third-order valence-corrected chi connectivity index (χ3v) is 7.21. The van der Waals surface area contributed by atoms with Crippen molar-refractivity contribution in [2.45, 2.75) is 12.2 Å². The third-order valence-electron chi connectivity index (χ3n) is 4.55. The molecule has 0 amide bonds. The number of phosphoric ester groups is 2. The molecule has 5 aliphatic rings. The van der Waals surface area contributed by atoms with Gasteiger partial charge in [-0.1, -0.05) is 18.2 Å². The molecule has 1 fully saturated rings. The molecule has 26 heavy (non-hydrogen) atoms. The van der Waals surface area contributed by atoms with Crippen molar-refractivity contribution in [1.82, 2.24) is 0 Å². The highest BCUT2D eigenvalue weighted by Crippen LogP contribution is 2.82. The van der Waals surface area contributed by atoms with Crippen LogP contribution >= 0.6 is 15.6 Å². The zero-order chi connectivity index (χ0) is 17.9. The second-order valence-corrected chi connectivity index (χ2v) is 9.06. The van der Waals surface area contributed by atoms with E-state index in [0.29, 0.717) is 11.3 Å². The molecular formula is C14H10N2O8P2. The quantitative estimate of drug-likeness (QED) is 0.574. The van der Waals surface area contributed by atoms with Crippen molar-refractivity contribution in [2.24, 2.45) is 0 Å². The Morgan fingerprint density at radius 1 is 0.846 bits per heavy atom. The first-order valence-corrected chi connectivity index (χ1v) is 10.5. The van der Waals surface area contributed by atoms with Crippen LogP contribution in [0, 0.1) is 0 Å². The molecule has 1 unspecified atom stereocenters. The molecule has 5 heterocycles. The molecule has 0 saturated carbocycles. The number of anilines is 2. The minimum atomic E-state index is -3.83. The number of nitrogen functional groups attached to an aromatic ring is 2. The summed E-state index contributed by atoms with van der Waals surface area (Å²) in [5, 5.41) is 0. The van der Waals surface area contributed by atoms with Crippen molar-refractivity contribution < 1.29 is 36.3 Å². The predicted octanol–water partition coefficient (Wildman–Crippen LogP) is 3.07. The smallest absolute Gasteiger partial charge is 0.399 e. The lowest BCUT2D eigenvalue weighted by molar-refractivity contribution is -0.232. The summed E-state index contributed by atoms with van der Waals surface area (Å²) in [5.41, 5.74) is 13.7. The van der Waals surface area contributed by atoms with E-state index in [9.17, 15) is 9.13 Å². The molecule has 0 radical (unpaired) electrons. The van der Waals surface area contributed by atoms with E-state index in [1.165, 1.54) is 0 Å². The Kier molecular flexibility index (Phi) is 2.34. The Balaban J connectivity index is 1.58. The molecule has 0 spiro atoms. The Morgan fingerprint density at radius 3 is 2.19 bits per heavy atom. The summed E-state index contributed by atoms with van der Waals surface area (Å²) in [7, 11) is -7.63. The van der Waals surface area contributed by atoms with Gasteiger partial charge in [-0.15, -0.1) is 0 Å². The monoisotopic (exact) mass is 396 g/mol. The molecule has 134 valence electrons. The lowest BCUT2D eigenvalue weighted by atomic mass is 9.93. The number of phosphoric acid groups is 2. The molecule has 10 nitrogen and oxygen atoms in total. The minimum Gasteiger partial charge on any atom is -0.399 e. The Bertz CT molecular complexity index is 1120. The van der Waals surface area contributed by atoms with Gasteiger partial charge in [0.25, 0.3) is 0 Å². The summed E-state index contributed by atoms with van der Waals surface area (Å²) in [6.45, 7) is 0. The summed E-state index contributed by atoms with van der Waals surface area (Å²) in [6.07, 6.45) is 0.126. The summed E-state index contributed by atoms with van der Waals surface area (Å²) >= 11 is 0. The highest BCUT2D eigenvalue weighted by molar-refractivity contribution is 7.51. The van der Waals surface area contributed by atoms with Gasteiger partial charge in [0.1, 0.15) is 0 Å². The van der Waals surface area contributed by atoms with E-state index in [1.54, 1.807) is 24.3 Å². The maximum atomic E-state index is 12.5. The molecule has 1 saturated heterocycles. The van der Waals surface area contributed by atoms with E-state index in [1.807, 2.05) is 0 Å². The zero-order valence-corrected chi connectivity index (χ0v) is 14.6. The van der Waals surface area contributed by atoms with E-state index in [-0.39, 0.29) is 40.7 Å². The van der Waals surface area contributed by atoms with Crippen molar-refractivity contribution in [3.8, 4) is 23.0 Å². The molecule has 2 aromatic carbocycles. The average Bonchev–Trinajstić information content (AvgIpc) is 3.08. The molecule has 4 N–H and O–H groups in total. The van der Waals surface area contributed by atoms with Crippen LogP contribution in [0.25, 0.3) is 0 Å². The number of para-hydroxylation sites is 1. The Morgan fingerprint density at radius 2 is 1.46 bits per heavy atom. The molecule has 2 aromatic rings. The van der Waals surface area contributed by atoms with E-state index in [4.69, 9.17) is 38.6 Å². The van der Waals surface area contributed by atoms with Gasteiger partial charge in [0.15, 0.2) is 5.75 Å². The van der Waals surface area contributed by atoms with Gasteiger partial charge in [-0.25, -0.2) is 13.6 Å². The van der Waals surface area contributed by atoms with Gasteiger partial charge in [0.05, 0.1) is 11.3 Å². The fraction of sp³-hybridized carbons (Fsp3) is 0.143. The highest BCUT2D eigenvalue weighted by Gasteiger charge is 2.69. The largest absolute Gasteiger partial charge is 0.647 e. The first-order valence-electron chi connectivity index (χ1n) is 7.55. The topological polar surface area (TPSA) is 142 Å². The second kappa shape index (κ2) is 4.13. The van der Waals surface area contributed by atoms with Gasteiger partial charge < -0.3 is 29.6 Å². The van der Waals surface area contributed by atoms with Crippen LogP contribution in [-0.4, -0.2) is 0 Å². The van der Waals surface area contributed by atoms with Gasteiger partial charge in [-0.2, -0.15) is 4.57 Å². The van der Waals surface area contributed by atoms with Crippen LogP contribution in [0.1, 0.15) is 11.1 Å². The SMILES string of the molecule is Nc1ccccc1CC12OP(=O)(Oc3c4c5c(c(N)c31)OP(=O)(O5)O4)O2. The Labute approximate surface area is 146 Å². The number of hydrogen-bond acceptors (Lipinski definition) is 10. The molecule has 4 bridgehead atoms. The maximum Gasteiger partial charge on any atom is 0.647 e. The van der Waals surface area contributed by atoms with Gasteiger partial charge in [-0.3, -0.25) is 0 Å². The molecule has 5 aliphatic heterocycles. The highest BCUT2D eigenvalue weighted by atomic mass is 31.2. The third kappa shape index (κ3) is 1.61. The van der Waals surface area contributed by atoms with Crippen molar-refractivity contribution >= 4 is 27.0 Å². The van der Waals surface area contributed by atoms with Crippen molar-refractivity contribution in [3.63, 3.8) is 0 Å². The first kappa shape index (κ1) is 14.8. The maximum absolute atomic E-state index is 12.5. The van der Waals surface area contributed by atoms with Gasteiger partial charge in [0, 0.05) is 12.1 Å². The number of rotatable bonds is 2. The fourth-order valence-electron chi connectivity index (χ4n) is 3.50. The number of nitrogens with two attached hydrogens (primary N) is 2. The van der Waals surface area contributed by atoms with Gasteiger partial charge >= 0.3 is 15.6 Å². The van der Waals surface area contributed by atoms with Crippen LogP contribution in [0.4, 0.5) is 11.4 Å². The van der Waals surface area contributed by atoms with Crippen LogP contribution in [0.5, 0.6) is 23.0 Å². The van der Waals surface area contributed by atoms with E-state index < -0.39 is 21.4 Å². The molecule has 0 aliphatic carbocycles. The molecule has 1 atom stereocenters. The van der Waals surface area contributed by atoms with Crippen LogP contribution in [0.2, 0.25) is 0 Å². The summed E-state index contributed by atoms with van der Waals surface area (Å²) in [6, 6.07) is 7.10. The second-order valence-electron chi connectivity index (χ2n) is 6.18. The van der Waals surface area contributed by atoms with Crippen molar-refractivity contribution in [3.05, 3.63) is 35.4 Å². The Hall–Kier alpha value is -2.38. The molecular weight excluding hydrogens is 386 g/mol. The van der Waals surface area contributed by atoms with E-state index in [2.05, 4.69) is 0 Å². The summed E-state index contributed by atoms with van der Waals surface area (Å²) in [4.78, 5) is 0. The van der Waals surface area contributed by atoms with Crippen molar-refractivity contribution in [2.75, 3.05) is 11.5 Å². The van der Waals surface area contributed by atoms with Crippen LogP contribution in [0.3, 0.4) is 0 Å². The first-order chi connectivity index (χ1) is 12.3. The fourth-order valence-corrected chi connectivity index (χ4v) is 6.31. The van der Waals surface area contributed by atoms with Crippen LogP contribution < -0.4 is 29.6 Å². The summed E-state index contributed by atoms with van der Waals surface area (Å²) < 4.78 is 56.7. The number of benzene rings is 2. The zero-order valence-electron chi connectivity index (χ0n) is 12.8. The lowest BCUT2D eigenvalue weighted by Crippen LogP contribution is -2.47. The average molecular weight is 396 g/mol. The standard InChI is InChI=1S/C14H10N2O8P2/c15-7-4-2-1-3-6(7)5-14-8-9(16)11-13-12(21-25(17,20-11)22-13)10(8)19-26(18,23-14)24-14/h1-4H,5,15-16H2. The van der Waals surface area contributed by atoms with Crippen LogP contribution in [-0.2, 0) is 30.4 Å². The predicted molar refractivity (Wildman–Crippen MR) is 87.0 cm³/mol. The molecule has 12 heteroatoms. The molecule has 0 aromatic heterocycles. The van der Waals surface area contributed by atoms with Gasteiger partial charge in [0.2, 0.25) is 23.0 Å². The molecule has 7 rings (SSSR count).